The number of ether oxygens (including phenoxy) is 3. The number of benzene rings is 3. The van der Waals surface area contributed by atoms with Gasteiger partial charge in [0.1, 0.15) is 17.2 Å². The second-order valence-corrected chi connectivity index (χ2v) is 8.51. The van der Waals surface area contributed by atoms with Crippen LogP contribution in [0.25, 0.3) is 0 Å². The first-order valence-corrected chi connectivity index (χ1v) is 11.3. The van der Waals surface area contributed by atoms with Gasteiger partial charge in [-0.15, -0.1) is 0 Å². The predicted octanol–water partition coefficient (Wildman–Crippen LogP) is 4.88. The summed E-state index contributed by atoms with van der Waals surface area (Å²) in [5.74, 6) is 0.350. The number of ketones is 1. The molecule has 7 nitrogen and oxygen atoms in total. The summed E-state index contributed by atoms with van der Waals surface area (Å²) in [6.07, 6.45) is 0.0381. The number of nitrogens with zero attached hydrogens (tertiary/aromatic N) is 1. The van der Waals surface area contributed by atoms with Gasteiger partial charge in [-0.05, 0) is 85.6 Å². The van der Waals surface area contributed by atoms with Crippen molar-refractivity contribution in [2.45, 2.75) is 20.3 Å². The molecule has 1 aliphatic rings. The first-order chi connectivity index (χ1) is 16.8. The SMILES string of the molecule is COc1ccc(C(=O)COC(=O)[C@@H]2CC(=O)N(c3ccc(Oc4ccc(C)c(C)c4)cc3)C2)cc1. The smallest absolute Gasteiger partial charge is 0.311 e. The molecule has 0 aromatic heterocycles. The zero-order chi connectivity index (χ0) is 24.9. The van der Waals surface area contributed by atoms with Gasteiger partial charge in [-0.1, -0.05) is 6.07 Å². The summed E-state index contributed by atoms with van der Waals surface area (Å²) in [4.78, 5) is 38.9. The molecule has 3 aromatic carbocycles. The highest BCUT2D eigenvalue weighted by molar-refractivity contribution is 6.01. The second-order valence-electron chi connectivity index (χ2n) is 8.51. The Bertz CT molecular complexity index is 1230. The largest absolute Gasteiger partial charge is 0.497 e. The number of hydrogen-bond donors (Lipinski definition) is 0. The molecular formula is C28H27NO6. The van der Waals surface area contributed by atoms with Gasteiger partial charge in [-0.2, -0.15) is 0 Å². The number of Topliss-reactive ketones (excluding diaryl/α,β-unsaturated/α-hetero) is 1. The fourth-order valence-corrected chi connectivity index (χ4v) is 3.84. The van der Waals surface area contributed by atoms with Crippen molar-refractivity contribution in [1.29, 1.82) is 0 Å². The maximum Gasteiger partial charge on any atom is 0.311 e. The van der Waals surface area contributed by atoms with Gasteiger partial charge in [-0.25, -0.2) is 0 Å². The molecule has 0 spiro atoms. The van der Waals surface area contributed by atoms with Crippen molar-refractivity contribution in [3.05, 3.63) is 83.4 Å². The number of carbonyl (C=O) groups is 3. The number of esters is 1. The number of amides is 1. The molecule has 1 atom stereocenters. The summed E-state index contributed by atoms with van der Waals surface area (Å²) in [7, 11) is 1.54. The monoisotopic (exact) mass is 473 g/mol. The van der Waals surface area contributed by atoms with E-state index in [0.717, 1.165) is 11.3 Å². The first kappa shape index (κ1) is 24.0. The van der Waals surface area contributed by atoms with E-state index in [0.29, 0.717) is 22.7 Å². The predicted molar refractivity (Wildman–Crippen MR) is 131 cm³/mol. The molecule has 3 aromatic rings. The number of carbonyl (C=O) groups excluding carboxylic acids is 3. The van der Waals surface area contributed by atoms with Gasteiger partial charge in [0, 0.05) is 24.2 Å². The van der Waals surface area contributed by atoms with Gasteiger partial charge in [0.2, 0.25) is 5.91 Å². The van der Waals surface area contributed by atoms with E-state index >= 15 is 0 Å². The van der Waals surface area contributed by atoms with Crippen molar-refractivity contribution in [2.75, 3.05) is 25.2 Å². The Morgan fingerprint density at radius 3 is 2.20 bits per heavy atom. The minimum Gasteiger partial charge on any atom is -0.497 e. The highest BCUT2D eigenvalue weighted by Crippen LogP contribution is 2.29. The van der Waals surface area contributed by atoms with Crippen LogP contribution in [-0.4, -0.2) is 37.9 Å². The Balaban J connectivity index is 1.32. The normalized spacial score (nSPS) is 15.1. The van der Waals surface area contributed by atoms with Crippen molar-refractivity contribution < 1.29 is 28.6 Å². The van der Waals surface area contributed by atoms with Crippen LogP contribution in [0.1, 0.15) is 27.9 Å². The van der Waals surface area contributed by atoms with Crippen molar-refractivity contribution in [3.63, 3.8) is 0 Å². The fourth-order valence-electron chi connectivity index (χ4n) is 3.84. The first-order valence-electron chi connectivity index (χ1n) is 11.3. The summed E-state index contributed by atoms with van der Waals surface area (Å²) < 4.78 is 16.2. The Morgan fingerprint density at radius 2 is 1.54 bits per heavy atom. The Morgan fingerprint density at radius 1 is 0.886 bits per heavy atom. The van der Waals surface area contributed by atoms with E-state index in [1.54, 1.807) is 60.5 Å². The maximum absolute atomic E-state index is 12.6. The van der Waals surface area contributed by atoms with Crippen LogP contribution in [0.15, 0.2) is 66.7 Å². The summed E-state index contributed by atoms with van der Waals surface area (Å²) in [5, 5.41) is 0. The van der Waals surface area contributed by atoms with Crippen LogP contribution in [0.3, 0.4) is 0 Å². The molecule has 0 bridgehead atoms. The zero-order valence-electron chi connectivity index (χ0n) is 19.9. The van der Waals surface area contributed by atoms with Gasteiger partial charge in [0.05, 0.1) is 13.0 Å². The lowest BCUT2D eigenvalue weighted by molar-refractivity contribution is -0.147. The number of methoxy groups -OCH3 is 1. The summed E-state index contributed by atoms with van der Waals surface area (Å²) in [6, 6.07) is 19.6. The maximum atomic E-state index is 12.6. The molecule has 1 fully saturated rings. The summed E-state index contributed by atoms with van der Waals surface area (Å²) in [5.41, 5.74) is 3.43. The Kier molecular flexibility index (Phi) is 7.15. The van der Waals surface area contributed by atoms with E-state index in [1.165, 1.54) is 5.56 Å². The molecule has 4 rings (SSSR count). The third-order valence-corrected chi connectivity index (χ3v) is 6.08. The minimum atomic E-state index is -0.627. The Hall–Kier alpha value is -4.13. The van der Waals surface area contributed by atoms with Crippen molar-refractivity contribution >= 4 is 23.3 Å². The molecule has 1 aliphatic heterocycles. The van der Waals surface area contributed by atoms with Crippen LogP contribution < -0.4 is 14.4 Å². The minimum absolute atomic E-state index is 0.0381. The molecule has 1 heterocycles. The van der Waals surface area contributed by atoms with Gasteiger partial charge in [-0.3, -0.25) is 14.4 Å². The molecule has 35 heavy (non-hydrogen) atoms. The molecule has 0 N–H and O–H groups in total. The molecular weight excluding hydrogens is 446 g/mol. The standard InChI is InChI=1S/C28H27NO6/c1-18-4-9-25(14-19(18)2)35-24-12-7-22(8-13-24)29-16-21(15-27(29)31)28(32)34-17-26(30)20-5-10-23(33-3)11-6-20/h4-14,21H,15-17H2,1-3H3/t21-/m1/s1. The lowest BCUT2D eigenvalue weighted by Gasteiger charge is -2.17. The van der Waals surface area contributed by atoms with E-state index in [-0.39, 0.29) is 31.3 Å². The van der Waals surface area contributed by atoms with Crippen LogP contribution in [0.5, 0.6) is 17.2 Å². The molecule has 0 unspecified atom stereocenters. The molecule has 0 aliphatic carbocycles. The fraction of sp³-hybridized carbons (Fsp3) is 0.250. The van der Waals surface area contributed by atoms with E-state index < -0.39 is 11.9 Å². The van der Waals surface area contributed by atoms with Crippen LogP contribution >= 0.6 is 0 Å². The summed E-state index contributed by atoms with van der Waals surface area (Å²) in [6.45, 7) is 3.90. The summed E-state index contributed by atoms with van der Waals surface area (Å²) >= 11 is 0. The highest BCUT2D eigenvalue weighted by Gasteiger charge is 2.36. The van der Waals surface area contributed by atoms with Crippen LogP contribution in [0.2, 0.25) is 0 Å². The van der Waals surface area contributed by atoms with Crippen molar-refractivity contribution in [1.82, 2.24) is 0 Å². The van der Waals surface area contributed by atoms with E-state index in [9.17, 15) is 14.4 Å². The average molecular weight is 474 g/mol. The van der Waals surface area contributed by atoms with Crippen molar-refractivity contribution in [2.24, 2.45) is 5.92 Å². The molecule has 0 saturated carbocycles. The van der Waals surface area contributed by atoms with Gasteiger partial charge >= 0.3 is 5.97 Å². The lowest BCUT2D eigenvalue weighted by Crippen LogP contribution is -2.27. The molecule has 180 valence electrons. The number of anilines is 1. The third kappa shape index (κ3) is 5.69. The van der Waals surface area contributed by atoms with Crippen LogP contribution in [-0.2, 0) is 14.3 Å². The number of hydrogen-bond acceptors (Lipinski definition) is 6. The van der Waals surface area contributed by atoms with E-state index in [1.807, 2.05) is 32.0 Å². The van der Waals surface area contributed by atoms with Gasteiger partial charge in [0.25, 0.3) is 0 Å². The molecule has 1 saturated heterocycles. The molecule has 0 radical (unpaired) electrons. The Labute approximate surface area is 204 Å². The van der Waals surface area contributed by atoms with Crippen LogP contribution in [0, 0.1) is 19.8 Å². The average Bonchev–Trinajstić information content (AvgIpc) is 3.26. The van der Waals surface area contributed by atoms with E-state index in [2.05, 4.69) is 0 Å². The quantitative estimate of drug-likeness (QED) is 0.343. The van der Waals surface area contributed by atoms with Crippen molar-refractivity contribution in [3.8, 4) is 17.2 Å². The van der Waals surface area contributed by atoms with E-state index in [4.69, 9.17) is 14.2 Å². The topological polar surface area (TPSA) is 82.1 Å². The molecule has 7 heteroatoms. The van der Waals surface area contributed by atoms with Gasteiger partial charge < -0.3 is 19.1 Å². The third-order valence-electron chi connectivity index (χ3n) is 6.08. The zero-order valence-corrected chi connectivity index (χ0v) is 19.9. The highest BCUT2D eigenvalue weighted by atomic mass is 16.5. The van der Waals surface area contributed by atoms with Gasteiger partial charge in [0.15, 0.2) is 12.4 Å². The van der Waals surface area contributed by atoms with Crippen LogP contribution in [0.4, 0.5) is 5.69 Å². The second kappa shape index (κ2) is 10.4. The molecule has 1 amide bonds. The lowest BCUT2D eigenvalue weighted by atomic mass is 10.1. The number of aryl methyl sites for hydroxylation is 2. The number of rotatable bonds is 8.